The highest BCUT2D eigenvalue weighted by Gasteiger charge is 2.25. The lowest BCUT2D eigenvalue weighted by atomic mass is 10.1. The fourth-order valence-electron chi connectivity index (χ4n) is 1.38. The molecule has 6 nitrogen and oxygen atoms in total. The van der Waals surface area contributed by atoms with Gasteiger partial charge in [-0.15, -0.1) is 0 Å². The number of carboxylic acid groups (broad SMARTS) is 1. The van der Waals surface area contributed by atoms with Crippen LogP contribution < -0.4 is 0 Å². The van der Waals surface area contributed by atoms with Crippen LogP contribution in [0.1, 0.15) is 23.7 Å². The number of carboxylic acids is 1. The van der Waals surface area contributed by atoms with Crippen LogP contribution in [0.2, 0.25) is 0 Å². The van der Waals surface area contributed by atoms with Gasteiger partial charge in [-0.2, -0.15) is 10.2 Å². The Morgan fingerprint density at radius 3 is 2.62 bits per heavy atom. The Morgan fingerprint density at radius 1 is 1.50 bits per heavy atom. The number of hydrogen-bond donors (Lipinski definition) is 1. The van der Waals surface area contributed by atoms with Crippen LogP contribution in [0.5, 0.6) is 0 Å². The summed E-state index contributed by atoms with van der Waals surface area (Å²) in [5, 5.41) is 16.0. The first-order chi connectivity index (χ1) is 7.57. The number of likely N-dealkylation sites (N-methyl/N-ethyl adjacent to an activating group) is 1. The van der Waals surface area contributed by atoms with Crippen molar-refractivity contribution in [1.29, 1.82) is 0 Å². The van der Waals surface area contributed by atoms with Crippen molar-refractivity contribution >= 4 is 11.9 Å². The largest absolute Gasteiger partial charge is 0.480 e. The van der Waals surface area contributed by atoms with E-state index in [4.69, 9.17) is 5.11 Å². The Balaban J connectivity index is 2.86. The highest BCUT2D eigenvalue weighted by atomic mass is 16.4. The topological polar surface area (TPSA) is 83.4 Å². The van der Waals surface area contributed by atoms with E-state index >= 15 is 0 Å². The maximum Gasteiger partial charge on any atom is 0.326 e. The van der Waals surface area contributed by atoms with Gasteiger partial charge in [-0.3, -0.25) is 4.79 Å². The van der Waals surface area contributed by atoms with Crippen molar-refractivity contribution in [2.75, 3.05) is 7.05 Å². The van der Waals surface area contributed by atoms with E-state index in [0.29, 0.717) is 12.0 Å². The Labute approximate surface area is 92.9 Å². The SMILES string of the molecule is CCC(C(=O)O)N(C)C(=O)c1ccnnc1. The molecule has 86 valence electrons. The molecule has 1 N–H and O–H groups in total. The molecule has 0 radical (unpaired) electrons. The van der Waals surface area contributed by atoms with E-state index in [-0.39, 0.29) is 5.91 Å². The zero-order valence-electron chi connectivity index (χ0n) is 9.12. The van der Waals surface area contributed by atoms with Gasteiger partial charge in [-0.1, -0.05) is 6.92 Å². The molecule has 6 heteroatoms. The van der Waals surface area contributed by atoms with E-state index in [9.17, 15) is 9.59 Å². The van der Waals surface area contributed by atoms with Crippen molar-refractivity contribution in [3.8, 4) is 0 Å². The quantitative estimate of drug-likeness (QED) is 0.799. The molecule has 0 saturated carbocycles. The van der Waals surface area contributed by atoms with Crippen LogP contribution >= 0.6 is 0 Å². The van der Waals surface area contributed by atoms with Crippen molar-refractivity contribution in [1.82, 2.24) is 15.1 Å². The molecule has 1 amide bonds. The van der Waals surface area contributed by atoms with E-state index in [0.717, 1.165) is 0 Å². The van der Waals surface area contributed by atoms with Crippen molar-refractivity contribution in [3.63, 3.8) is 0 Å². The average molecular weight is 223 g/mol. The van der Waals surface area contributed by atoms with Gasteiger partial charge in [0.1, 0.15) is 6.04 Å². The predicted octanol–water partition coefficient (Wildman–Crippen LogP) is 0.412. The minimum atomic E-state index is -1.01. The van der Waals surface area contributed by atoms with Crippen LogP contribution in [0.4, 0.5) is 0 Å². The number of aliphatic carboxylic acids is 1. The zero-order valence-corrected chi connectivity index (χ0v) is 9.12. The highest BCUT2D eigenvalue weighted by Crippen LogP contribution is 2.07. The number of rotatable bonds is 4. The van der Waals surface area contributed by atoms with Crippen LogP contribution in [-0.2, 0) is 4.79 Å². The summed E-state index contributed by atoms with van der Waals surface area (Å²) in [5.41, 5.74) is 0.331. The standard InChI is InChI=1S/C10H13N3O3/c1-3-8(10(15)16)13(2)9(14)7-4-5-11-12-6-7/h4-6,8H,3H2,1-2H3,(H,15,16). The molecule has 16 heavy (non-hydrogen) atoms. The molecular weight excluding hydrogens is 210 g/mol. The predicted molar refractivity (Wildman–Crippen MR) is 55.8 cm³/mol. The monoisotopic (exact) mass is 223 g/mol. The van der Waals surface area contributed by atoms with Gasteiger partial charge in [0.25, 0.3) is 5.91 Å². The van der Waals surface area contributed by atoms with Crippen LogP contribution in [0, 0.1) is 0 Å². The van der Waals surface area contributed by atoms with E-state index in [1.807, 2.05) is 0 Å². The molecule has 0 spiro atoms. The van der Waals surface area contributed by atoms with Crippen LogP contribution in [0.25, 0.3) is 0 Å². The molecule has 1 rings (SSSR count). The number of carbonyl (C=O) groups is 2. The lowest BCUT2D eigenvalue weighted by molar-refractivity contribution is -0.142. The fraction of sp³-hybridized carbons (Fsp3) is 0.400. The van der Waals surface area contributed by atoms with Gasteiger partial charge in [-0.25, -0.2) is 4.79 Å². The molecular formula is C10H13N3O3. The maximum absolute atomic E-state index is 11.8. The van der Waals surface area contributed by atoms with Gasteiger partial charge in [-0.05, 0) is 12.5 Å². The molecule has 0 aliphatic rings. The molecule has 0 fully saturated rings. The van der Waals surface area contributed by atoms with Crippen molar-refractivity contribution in [2.24, 2.45) is 0 Å². The van der Waals surface area contributed by atoms with E-state index in [1.54, 1.807) is 6.92 Å². The zero-order chi connectivity index (χ0) is 12.1. The molecule has 0 aliphatic carbocycles. The second-order valence-electron chi connectivity index (χ2n) is 3.31. The number of hydrogen-bond acceptors (Lipinski definition) is 4. The molecule has 1 atom stereocenters. The van der Waals surface area contributed by atoms with E-state index in [1.165, 1.54) is 30.4 Å². The molecule has 0 saturated heterocycles. The summed E-state index contributed by atoms with van der Waals surface area (Å²) in [6.07, 6.45) is 3.06. The maximum atomic E-state index is 11.8. The normalized spacial score (nSPS) is 11.9. The second-order valence-corrected chi connectivity index (χ2v) is 3.31. The van der Waals surface area contributed by atoms with Crippen molar-refractivity contribution < 1.29 is 14.7 Å². The summed E-state index contributed by atoms with van der Waals surface area (Å²) in [5.74, 6) is -1.38. The lowest BCUT2D eigenvalue weighted by Crippen LogP contribution is -2.42. The minimum Gasteiger partial charge on any atom is -0.480 e. The van der Waals surface area contributed by atoms with Crippen LogP contribution in [-0.4, -0.2) is 45.2 Å². The summed E-state index contributed by atoms with van der Waals surface area (Å²) in [7, 11) is 1.46. The van der Waals surface area contributed by atoms with Crippen LogP contribution in [0.3, 0.4) is 0 Å². The third kappa shape index (κ3) is 2.53. The van der Waals surface area contributed by atoms with Gasteiger partial charge >= 0.3 is 5.97 Å². The summed E-state index contributed by atoms with van der Waals surface area (Å²) < 4.78 is 0. The number of nitrogens with zero attached hydrogens (tertiary/aromatic N) is 3. The second kappa shape index (κ2) is 5.20. The summed E-state index contributed by atoms with van der Waals surface area (Å²) in [4.78, 5) is 23.9. The highest BCUT2D eigenvalue weighted by molar-refractivity contribution is 5.96. The van der Waals surface area contributed by atoms with E-state index in [2.05, 4.69) is 10.2 Å². The van der Waals surface area contributed by atoms with Gasteiger partial charge in [0, 0.05) is 7.05 Å². The van der Waals surface area contributed by atoms with Crippen molar-refractivity contribution in [3.05, 3.63) is 24.0 Å². The lowest BCUT2D eigenvalue weighted by Gasteiger charge is -2.23. The minimum absolute atomic E-state index is 0.331. The molecule has 0 aromatic carbocycles. The smallest absolute Gasteiger partial charge is 0.326 e. The molecule has 1 aromatic heterocycles. The first kappa shape index (κ1) is 12.1. The number of amides is 1. The van der Waals surface area contributed by atoms with Gasteiger partial charge in [0.2, 0.25) is 0 Å². The molecule has 0 bridgehead atoms. The van der Waals surface area contributed by atoms with Crippen LogP contribution in [0.15, 0.2) is 18.5 Å². The first-order valence-corrected chi connectivity index (χ1v) is 4.84. The third-order valence-electron chi connectivity index (χ3n) is 2.29. The Bertz CT molecular complexity index is 380. The summed E-state index contributed by atoms with van der Waals surface area (Å²) in [6, 6.07) is 0.682. The van der Waals surface area contributed by atoms with Crippen molar-refractivity contribution in [2.45, 2.75) is 19.4 Å². The third-order valence-corrected chi connectivity index (χ3v) is 2.29. The molecule has 1 heterocycles. The average Bonchev–Trinajstić information content (AvgIpc) is 2.29. The number of carbonyl (C=O) groups excluding carboxylic acids is 1. The summed E-state index contributed by atoms with van der Waals surface area (Å²) in [6.45, 7) is 1.72. The molecule has 1 unspecified atom stereocenters. The van der Waals surface area contributed by atoms with Gasteiger partial charge < -0.3 is 10.0 Å². The Hall–Kier alpha value is -1.98. The molecule has 1 aromatic rings. The molecule has 0 aliphatic heterocycles. The first-order valence-electron chi connectivity index (χ1n) is 4.84. The van der Waals surface area contributed by atoms with Gasteiger partial charge in [0.05, 0.1) is 18.0 Å². The fourth-order valence-corrected chi connectivity index (χ4v) is 1.38. The Morgan fingerprint density at radius 2 is 2.19 bits per heavy atom. The van der Waals surface area contributed by atoms with Gasteiger partial charge in [0.15, 0.2) is 0 Å². The number of aromatic nitrogens is 2. The summed E-state index contributed by atoms with van der Waals surface area (Å²) >= 11 is 0. The van der Waals surface area contributed by atoms with E-state index < -0.39 is 12.0 Å². The Kier molecular flexibility index (Phi) is 3.93.